The molecule has 1 aromatic carbocycles. The number of rotatable bonds is 7. The molecule has 0 radical (unpaired) electrons. The molecule has 0 amide bonds. The Kier molecular flexibility index (Phi) is 8.25. The predicted octanol–water partition coefficient (Wildman–Crippen LogP) is 3.26. The van der Waals surface area contributed by atoms with Crippen LogP contribution in [0.3, 0.4) is 0 Å². The maximum absolute atomic E-state index is 11.8. The molecule has 1 N–H and O–H groups in total. The van der Waals surface area contributed by atoms with Crippen LogP contribution in [0.15, 0.2) is 30.3 Å². The molecule has 0 bridgehead atoms. The van der Waals surface area contributed by atoms with Crippen LogP contribution in [-0.4, -0.2) is 17.0 Å². The van der Waals surface area contributed by atoms with Crippen molar-refractivity contribution in [3.63, 3.8) is 0 Å². The maximum Gasteiger partial charge on any atom is 0.309 e. The lowest BCUT2D eigenvalue weighted by atomic mass is 10.0. The van der Waals surface area contributed by atoms with E-state index < -0.39 is 17.9 Å². The number of carbonyl (C=O) groups is 2. The second-order valence-electron chi connectivity index (χ2n) is 4.18. The van der Waals surface area contributed by atoms with Crippen LogP contribution in [-0.2, 0) is 20.9 Å². The number of carbonyl (C=O) groups excluding carboxylic acids is 1. The molecular weight excluding hydrogens is 244 g/mol. The van der Waals surface area contributed by atoms with E-state index in [0.29, 0.717) is 6.42 Å². The standard InChI is InChI=1S/C14H18O4.CH4/c1-2-6-12(9-13(15)16)14(17)18-10-11-7-4-3-5-8-11;/h3-5,7-8,12H,2,6,9-10H2,1H3,(H,15,16);1H4/t12-;/m1./s1. The zero-order valence-corrected chi connectivity index (χ0v) is 10.5. The normalized spacial score (nSPS) is 11.2. The van der Waals surface area contributed by atoms with Gasteiger partial charge in [0, 0.05) is 0 Å². The third-order valence-corrected chi connectivity index (χ3v) is 2.62. The Bertz CT molecular complexity index is 386. The molecule has 0 aliphatic heterocycles. The Hall–Kier alpha value is -1.84. The smallest absolute Gasteiger partial charge is 0.309 e. The number of hydrogen-bond acceptors (Lipinski definition) is 3. The van der Waals surface area contributed by atoms with Gasteiger partial charge in [-0.1, -0.05) is 51.1 Å². The molecule has 1 aromatic rings. The van der Waals surface area contributed by atoms with Crippen LogP contribution in [0.4, 0.5) is 0 Å². The van der Waals surface area contributed by atoms with Crippen molar-refractivity contribution in [3.8, 4) is 0 Å². The van der Waals surface area contributed by atoms with Gasteiger partial charge in [0.1, 0.15) is 6.61 Å². The van der Waals surface area contributed by atoms with Gasteiger partial charge in [-0.05, 0) is 12.0 Å². The number of ether oxygens (including phenoxy) is 1. The summed E-state index contributed by atoms with van der Waals surface area (Å²) in [5.41, 5.74) is 0.899. The monoisotopic (exact) mass is 266 g/mol. The average Bonchev–Trinajstić information content (AvgIpc) is 2.36. The van der Waals surface area contributed by atoms with Crippen molar-refractivity contribution in [1.29, 1.82) is 0 Å². The van der Waals surface area contributed by atoms with E-state index in [0.717, 1.165) is 12.0 Å². The molecule has 0 saturated carbocycles. The van der Waals surface area contributed by atoms with Crippen LogP contribution in [0.25, 0.3) is 0 Å². The molecule has 0 aliphatic carbocycles. The zero-order chi connectivity index (χ0) is 13.4. The first-order chi connectivity index (χ1) is 8.63. The van der Waals surface area contributed by atoms with Gasteiger partial charge in [0.2, 0.25) is 0 Å². The topological polar surface area (TPSA) is 63.6 Å². The van der Waals surface area contributed by atoms with Gasteiger partial charge < -0.3 is 9.84 Å². The summed E-state index contributed by atoms with van der Waals surface area (Å²) in [5, 5.41) is 8.74. The van der Waals surface area contributed by atoms with Gasteiger partial charge in [-0.15, -0.1) is 0 Å². The minimum Gasteiger partial charge on any atom is -0.481 e. The van der Waals surface area contributed by atoms with Gasteiger partial charge >= 0.3 is 11.9 Å². The number of hydrogen-bond donors (Lipinski definition) is 1. The predicted molar refractivity (Wildman–Crippen MR) is 73.6 cm³/mol. The number of benzene rings is 1. The molecule has 0 unspecified atom stereocenters. The van der Waals surface area contributed by atoms with Gasteiger partial charge in [0.05, 0.1) is 12.3 Å². The fourth-order valence-electron chi connectivity index (χ4n) is 1.71. The first kappa shape index (κ1) is 17.2. The molecule has 0 spiro atoms. The molecule has 0 aromatic heterocycles. The molecule has 0 heterocycles. The molecule has 1 atom stereocenters. The molecule has 19 heavy (non-hydrogen) atoms. The second kappa shape index (κ2) is 9.14. The highest BCUT2D eigenvalue weighted by Crippen LogP contribution is 2.14. The van der Waals surface area contributed by atoms with Crippen molar-refractivity contribution >= 4 is 11.9 Å². The molecule has 0 saturated heterocycles. The van der Waals surface area contributed by atoms with Crippen LogP contribution in [0.5, 0.6) is 0 Å². The van der Waals surface area contributed by atoms with Crippen LogP contribution >= 0.6 is 0 Å². The van der Waals surface area contributed by atoms with Crippen molar-refractivity contribution in [2.75, 3.05) is 0 Å². The van der Waals surface area contributed by atoms with Crippen molar-refractivity contribution in [3.05, 3.63) is 35.9 Å². The molecule has 4 heteroatoms. The Morgan fingerprint density at radius 2 is 1.89 bits per heavy atom. The van der Waals surface area contributed by atoms with Crippen LogP contribution < -0.4 is 0 Å². The van der Waals surface area contributed by atoms with E-state index in [1.165, 1.54) is 0 Å². The van der Waals surface area contributed by atoms with Gasteiger partial charge in [0.25, 0.3) is 0 Å². The van der Waals surface area contributed by atoms with Gasteiger partial charge in [-0.25, -0.2) is 0 Å². The summed E-state index contributed by atoms with van der Waals surface area (Å²) in [6, 6.07) is 9.34. The Morgan fingerprint density at radius 3 is 2.42 bits per heavy atom. The van der Waals surface area contributed by atoms with E-state index in [-0.39, 0.29) is 20.5 Å². The lowest BCUT2D eigenvalue weighted by Crippen LogP contribution is -2.20. The summed E-state index contributed by atoms with van der Waals surface area (Å²) < 4.78 is 5.14. The van der Waals surface area contributed by atoms with Crippen molar-refractivity contribution < 1.29 is 19.4 Å². The molecular formula is C15H22O4. The second-order valence-corrected chi connectivity index (χ2v) is 4.18. The first-order valence-corrected chi connectivity index (χ1v) is 6.05. The fraction of sp³-hybridized carbons (Fsp3) is 0.467. The van der Waals surface area contributed by atoms with E-state index >= 15 is 0 Å². The van der Waals surface area contributed by atoms with Gasteiger partial charge in [-0.3, -0.25) is 9.59 Å². The summed E-state index contributed by atoms with van der Waals surface area (Å²) in [6.07, 6.45) is 1.14. The molecule has 0 fully saturated rings. The van der Waals surface area contributed by atoms with E-state index in [2.05, 4.69) is 0 Å². The summed E-state index contributed by atoms with van der Waals surface area (Å²) in [4.78, 5) is 22.4. The Labute approximate surface area is 114 Å². The molecule has 106 valence electrons. The van der Waals surface area contributed by atoms with Crippen LogP contribution in [0.1, 0.15) is 39.2 Å². The third-order valence-electron chi connectivity index (χ3n) is 2.62. The van der Waals surface area contributed by atoms with Crippen molar-refractivity contribution in [1.82, 2.24) is 0 Å². The van der Waals surface area contributed by atoms with Crippen LogP contribution in [0, 0.1) is 5.92 Å². The van der Waals surface area contributed by atoms with E-state index in [1.807, 2.05) is 37.3 Å². The fourth-order valence-corrected chi connectivity index (χ4v) is 1.71. The summed E-state index contributed by atoms with van der Waals surface area (Å²) in [7, 11) is 0. The number of esters is 1. The molecule has 1 rings (SSSR count). The maximum atomic E-state index is 11.8. The Balaban J connectivity index is 0.00000324. The summed E-state index contributed by atoms with van der Waals surface area (Å²) >= 11 is 0. The largest absolute Gasteiger partial charge is 0.481 e. The van der Waals surface area contributed by atoms with E-state index in [1.54, 1.807) is 0 Å². The summed E-state index contributed by atoms with van der Waals surface area (Å²) in [5.74, 6) is -1.94. The van der Waals surface area contributed by atoms with E-state index in [9.17, 15) is 9.59 Å². The van der Waals surface area contributed by atoms with Crippen molar-refractivity contribution in [2.45, 2.75) is 40.2 Å². The third kappa shape index (κ3) is 6.60. The number of aliphatic carboxylic acids is 1. The van der Waals surface area contributed by atoms with Crippen molar-refractivity contribution in [2.24, 2.45) is 5.92 Å². The van der Waals surface area contributed by atoms with E-state index in [4.69, 9.17) is 9.84 Å². The average molecular weight is 266 g/mol. The highest BCUT2D eigenvalue weighted by Gasteiger charge is 2.22. The first-order valence-electron chi connectivity index (χ1n) is 6.05. The Morgan fingerprint density at radius 1 is 1.26 bits per heavy atom. The lowest BCUT2D eigenvalue weighted by Gasteiger charge is -2.13. The zero-order valence-electron chi connectivity index (χ0n) is 10.5. The summed E-state index contributed by atoms with van der Waals surface area (Å²) in [6.45, 7) is 2.11. The van der Waals surface area contributed by atoms with Crippen LogP contribution in [0.2, 0.25) is 0 Å². The minimum atomic E-state index is -0.967. The molecule has 0 aliphatic rings. The highest BCUT2D eigenvalue weighted by molar-refractivity contribution is 5.79. The minimum absolute atomic E-state index is 0. The van der Waals surface area contributed by atoms with Gasteiger partial charge in [0.15, 0.2) is 0 Å². The highest BCUT2D eigenvalue weighted by atomic mass is 16.5. The molecule has 4 nitrogen and oxygen atoms in total. The SMILES string of the molecule is C.CCC[C@H](CC(=O)O)C(=O)OCc1ccccc1. The number of carboxylic acid groups (broad SMARTS) is 1. The lowest BCUT2D eigenvalue weighted by molar-refractivity contribution is -0.154. The van der Waals surface area contributed by atoms with Gasteiger partial charge in [-0.2, -0.15) is 0 Å². The quantitative estimate of drug-likeness (QED) is 0.769. The number of carboxylic acids is 1.